The molecule has 1 aliphatic rings. The number of hydrogen-bond acceptors (Lipinski definition) is 4. The molecule has 0 aliphatic heterocycles. The number of nitrogens with zero attached hydrogens (tertiary/aromatic N) is 1. The lowest BCUT2D eigenvalue weighted by Crippen LogP contribution is -2.33. The molecular formula is C23H36N2O2. The molecule has 1 atom stereocenters. The Bertz CT molecular complexity index is 665. The number of hydrogen-bond donors (Lipinski definition) is 2. The van der Waals surface area contributed by atoms with Gasteiger partial charge in [-0.25, -0.2) is 0 Å². The predicted molar refractivity (Wildman–Crippen MR) is 114 cm³/mol. The van der Waals surface area contributed by atoms with Gasteiger partial charge in [0.15, 0.2) is 0 Å². The first kappa shape index (κ1) is 21.6. The summed E-state index contributed by atoms with van der Waals surface area (Å²) in [7, 11) is 1.61. The summed E-state index contributed by atoms with van der Waals surface area (Å²) >= 11 is 0. The highest BCUT2D eigenvalue weighted by atomic mass is 16.5. The Morgan fingerprint density at radius 3 is 2.63 bits per heavy atom. The van der Waals surface area contributed by atoms with Gasteiger partial charge in [0.25, 0.3) is 0 Å². The second-order valence-corrected chi connectivity index (χ2v) is 7.93. The van der Waals surface area contributed by atoms with Crippen molar-refractivity contribution in [2.24, 2.45) is 16.6 Å². The zero-order chi connectivity index (χ0) is 19.9. The molecule has 1 aromatic carbocycles. The lowest BCUT2D eigenvalue weighted by atomic mass is 9.84. The van der Waals surface area contributed by atoms with Crippen molar-refractivity contribution < 1.29 is 9.84 Å². The average Bonchev–Trinajstić information content (AvgIpc) is 2.67. The summed E-state index contributed by atoms with van der Waals surface area (Å²) in [5.41, 5.74) is 8.46. The normalized spacial score (nSPS) is 19.0. The van der Waals surface area contributed by atoms with Gasteiger partial charge in [-0.2, -0.15) is 0 Å². The zero-order valence-corrected chi connectivity index (χ0v) is 17.4. The molecule has 1 fully saturated rings. The molecule has 0 radical (unpaired) electrons. The highest BCUT2D eigenvalue weighted by molar-refractivity contribution is 5.88. The van der Waals surface area contributed by atoms with Crippen LogP contribution in [0.5, 0.6) is 5.75 Å². The van der Waals surface area contributed by atoms with Gasteiger partial charge in [0.2, 0.25) is 0 Å². The van der Waals surface area contributed by atoms with Crippen LogP contribution in [0.4, 0.5) is 0 Å². The van der Waals surface area contributed by atoms with Gasteiger partial charge in [-0.05, 0) is 68.7 Å². The minimum atomic E-state index is -1.43. The standard InChI is InChI=1S/C23H36N2O2/c1-5-6-12-22(18-10-8-7-9-11-18)25-16-17(2)20-14-13-19(27-4)15-21(20)23(3,24)26/h13-16,18,26H,5-12,24H2,1-4H3/b17-16+,25-22?. The SMILES string of the molecule is CCCCC(=N/C=C(\C)c1ccc(OC)cc1C(C)(N)O)C1CCCCC1. The van der Waals surface area contributed by atoms with Crippen LogP contribution in [0, 0.1) is 5.92 Å². The molecule has 1 aliphatic carbocycles. The van der Waals surface area contributed by atoms with E-state index in [1.165, 1.54) is 50.7 Å². The summed E-state index contributed by atoms with van der Waals surface area (Å²) in [5, 5.41) is 10.4. The third kappa shape index (κ3) is 6.18. The summed E-state index contributed by atoms with van der Waals surface area (Å²) in [6, 6.07) is 5.64. The first-order chi connectivity index (χ1) is 12.9. The first-order valence-electron chi connectivity index (χ1n) is 10.3. The largest absolute Gasteiger partial charge is 0.497 e. The van der Waals surface area contributed by atoms with E-state index in [1.807, 2.05) is 25.3 Å². The molecule has 0 saturated heterocycles. The van der Waals surface area contributed by atoms with Gasteiger partial charge >= 0.3 is 0 Å². The average molecular weight is 373 g/mol. The molecular weight excluding hydrogens is 336 g/mol. The van der Waals surface area contributed by atoms with Crippen molar-refractivity contribution in [1.29, 1.82) is 0 Å². The maximum Gasteiger partial charge on any atom is 0.137 e. The summed E-state index contributed by atoms with van der Waals surface area (Å²) in [4.78, 5) is 4.93. The van der Waals surface area contributed by atoms with E-state index in [4.69, 9.17) is 15.5 Å². The van der Waals surface area contributed by atoms with E-state index in [9.17, 15) is 5.11 Å². The van der Waals surface area contributed by atoms with Crippen LogP contribution in [0.1, 0.15) is 83.3 Å². The molecule has 1 aromatic rings. The molecule has 1 saturated carbocycles. The summed E-state index contributed by atoms with van der Waals surface area (Å²) < 4.78 is 5.29. The molecule has 4 nitrogen and oxygen atoms in total. The smallest absolute Gasteiger partial charge is 0.137 e. The third-order valence-corrected chi connectivity index (χ3v) is 5.48. The number of allylic oxidation sites excluding steroid dienone is 1. The lowest BCUT2D eigenvalue weighted by molar-refractivity contribution is 0.0642. The minimum absolute atomic E-state index is 0.627. The molecule has 0 heterocycles. The van der Waals surface area contributed by atoms with E-state index in [2.05, 4.69) is 6.92 Å². The first-order valence-corrected chi connectivity index (χ1v) is 10.3. The molecule has 0 spiro atoms. The maximum absolute atomic E-state index is 10.4. The Hall–Kier alpha value is -1.65. The highest BCUT2D eigenvalue weighted by Gasteiger charge is 2.22. The van der Waals surface area contributed by atoms with Gasteiger partial charge < -0.3 is 15.6 Å². The molecule has 1 unspecified atom stereocenters. The zero-order valence-electron chi connectivity index (χ0n) is 17.4. The van der Waals surface area contributed by atoms with Crippen LogP contribution in [-0.2, 0) is 5.72 Å². The van der Waals surface area contributed by atoms with Crippen LogP contribution in [0.25, 0.3) is 5.57 Å². The van der Waals surface area contributed by atoms with E-state index in [0.717, 1.165) is 17.6 Å². The Kier molecular flexibility index (Phi) is 8.06. The van der Waals surface area contributed by atoms with E-state index in [0.29, 0.717) is 17.2 Å². The van der Waals surface area contributed by atoms with Gasteiger partial charge in [0, 0.05) is 17.5 Å². The molecule has 2 rings (SSSR count). The monoisotopic (exact) mass is 372 g/mol. The Balaban J connectivity index is 2.34. The van der Waals surface area contributed by atoms with Crippen LogP contribution in [0.2, 0.25) is 0 Å². The molecule has 3 N–H and O–H groups in total. The van der Waals surface area contributed by atoms with Crippen molar-refractivity contribution in [3.05, 3.63) is 35.5 Å². The van der Waals surface area contributed by atoms with Crippen molar-refractivity contribution >= 4 is 11.3 Å². The number of unbranched alkanes of at least 4 members (excludes halogenated alkanes) is 1. The van der Waals surface area contributed by atoms with Gasteiger partial charge in [-0.15, -0.1) is 0 Å². The van der Waals surface area contributed by atoms with Crippen molar-refractivity contribution in [1.82, 2.24) is 0 Å². The second kappa shape index (κ2) is 10.0. The molecule has 0 aromatic heterocycles. The van der Waals surface area contributed by atoms with Crippen LogP contribution in [-0.4, -0.2) is 17.9 Å². The quantitative estimate of drug-likeness (QED) is 0.475. The number of aliphatic imine (C=N–C) groups is 1. The van der Waals surface area contributed by atoms with E-state index in [1.54, 1.807) is 20.1 Å². The second-order valence-electron chi connectivity index (χ2n) is 7.93. The Morgan fingerprint density at radius 2 is 2.04 bits per heavy atom. The van der Waals surface area contributed by atoms with E-state index < -0.39 is 5.72 Å². The number of rotatable bonds is 8. The van der Waals surface area contributed by atoms with Gasteiger partial charge in [0.1, 0.15) is 11.5 Å². The van der Waals surface area contributed by atoms with Crippen molar-refractivity contribution in [3.8, 4) is 5.75 Å². The molecule has 27 heavy (non-hydrogen) atoms. The molecule has 0 amide bonds. The maximum atomic E-state index is 10.4. The fourth-order valence-corrected chi connectivity index (χ4v) is 3.83. The van der Waals surface area contributed by atoms with Crippen molar-refractivity contribution in [2.45, 2.75) is 77.9 Å². The molecule has 0 bridgehead atoms. The number of ether oxygens (including phenoxy) is 1. The Morgan fingerprint density at radius 1 is 1.33 bits per heavy atom. The van der Waals surface area contributed by atoms with E-state index >= 15 is 0 Å². The third-order valence-electron chi connectivity index (χ3n) is 5.48. The van der Waals surface area contributed by atoms with Crippen LogP contribution in [0.3, 0.4) is 0 Å². The predicted octanol–water partition coefficient (Wildman–Crippen LogP) is 5.39. The van der Waals surface area contributed by atoms with Gasteiger partial charge in [-0.1, -0.05) is 38.7 Å². The van der Waals surface area contributed by atoms with Crippen LogP contribution in [0.15, 0.2) is 29.4 Å². The number of benzene rings is 1. The fraction of sp³-hybridized carbons (Fsp3) is 0.609. The summed E-state index contributed by atoms with van der Waals surface area (Å²) in [5.74, 6) is 1.31. The van der Waals surface area contributed by atoms with Crippen LogP contribution < -0.4 is 10.5 Å². The topological polar surface area (TPSA) is 67.8 Å². The highest BCUT2D eigenvalue weighted by Crippen LogP contribution is 2.30. The molecule has 150 valence electrons. The lowest BCUT2D eigenvalue weighted by Gasteiger charge is -2.24. The number of nitrogens with two attached hydrogens (primary N) is 1. The summed E-state index contributed by atoms with van der Waals surface area (Å²) in [6.45, 7) is 5.85. The van der Waals surface area contributed by atoms with Crippen molar-refractivity contribution in [2.75, 3.05) is 7.11 Å². The van der Waals surface area contributed by atoms with Crippen LogP contribution >= 0.6 is 0 Å². The fourth-order valence-electron chi connectivity index (χ4n) is 3.83. The van der Waals surface area contributed by atoms with Gasteiger partial charge in [-0.3, -0.25) is 4.99 Å². The Labute approximate surface area is 164 Å². The van der Waals surface area contributed by atoms with E-state index in [-0.39, 0.29) is 0 Å². The number of aliphatic hydroxyl groups is 1. The summed E-state index contributed by atoms with van der Waals surface area (Å²) in [6.07, 6.45) is 11.9. The van der Waals surface area contributed by atoms with Crippen molar-refractivity contribution in [3.63, 3.8) is 0 Å². The minimum Gasteiger partial charge on any atom is -0.497 e. The van der Waals surface area contributed by atoms with Gasteiger partial charge in [0.05, 0.1) is 7.11 Å². The molecule has 4 heteroatoms. The number of methoxy groups -OCH3 is 1.